The summed E-state index contributed by atoms with van der Waals surface area (Å²) >= 11 is 0. The number of amides is 1. The van der Waals surface area contributed by atoms with Gasteiger partial charge < -0.3 is 9.73 Å². The maximum absolute atomic E-state index is 12.8. The fourth-order valence-corrected chi connectivity index (χ4v) is 4.52. The first-order valence-electron chi connectivity index (χ1n) is 10.4. The highest BCUT2D eigenvalue weighted by molar-refractivity contribution is 7.92. The van der Waals surface area contributed by atoms with Crippen LogP contribution in [0.25, 0.3) is 11.1 Å². The molecule has 3 aromatic carbocycles. The summed E-state index contributed by atoms with van der Waals surface area (Å²) in [6, 6.07) is 24.6. The number of furan rings is 1. The van der Waals surface area contributed by atoms with Gasteiger partial charge in [-0.25, -0.2) is 8.42 Å². The van der Waals surface area contributed by atoms with Gasteiger partial charge in [0.2, 0.25) is 0 Å². The van der Waals surface area contributed by atoms with Crippen molar-refractivity contribution < 1.29 is 17.6 Å². The van der Waals surface area contributed by atoms with E-state index in [0.29, 0.717) is 17.0 Å². The normalized spacial score (nSPS) is 11.2. The summed E-state index contributed by atoms with van der Waals surface area (Å²) in [4.78, 5) is 12.5. The van der Waals surface area contributed by atoms with Crippen LogP contribution in [-0.4, -0.2) is 14.3 Å². The van der Waals surface area contributed by atoms with Crippen molar-refractivity contribution in [2.45, 2.75) is 25.3 Å². The lowest BCUT2D eigenvalue weighted by molar-refractivity contribution is 0.0948. The molecule has 0 aliphatic heterocycles. The van der Waals surface area contributed by atoms with Gasteiger partial charge in [0.15, 0.2) is 0 Å². The van der Waals surface area contributed by atoms with E-state index in [1.54, 1.807) is 54.6 Å². The molecule has 0 aliphatic carbocycles. The van der Waals surface area contributed by atoms with Crippen molar-refractivity contribution in [2.24, 2.45) is 0 Å². The van der Waals surface area contributed by atoms with E-state index < -0.39 is 10.0 Å². The van der Waals surface area contributed by atoms with Crippen molar-refractivity contribution in [3.05, 3.63) is 108 Å². The predicted octanol–water partition coefficient (Wildman–Crippen LogP) is 5.29. The lowest BCUT2D eigenvalue weighted by Crippen LogP contribution is -2.22. The molecule has 4 rings (SSSR count). The van der Waals surface area contributed by atoms with Gasteiger partial charge in [0, 0.05) is 11.3 Å². The second-order valence-corrected chi connectivity index (χ2v) is 9.40. The van der Waals surface area contributed by atoms with Crippen LogP contribution in [0, 0.1) is 13.8 Å². The Balaban J connectivity index is 1.41. The summed E-state index contributed by atoms with van der Waals surface area (Å²) in [5.41, 5.74) is 3.92. The molecule has 0 atom stereocenters. The maximum atomic E-state index is 12.8. The fourth-order valence-electron chi connectivity index (χ4n) is 3.46. The zero-order chi connectivity index (χ0) is 23.4. The Hall–Kier alpha value is -3.84. The van der Waals surface area contributed by atoms with E-state index in [2.05, 4.69) is 10.0 Å². The third-order valence-electron chi connectivity index (χ3n) is 5.24. The van der Waals surface area contributed by atoms with Gasteiger partial charge in [-0.2, -0.15) is 0 Å². The van der Waals surface area contributed by atoms with E-state index in [4.69, 9.17) is 4.42 Å². The van der Waals surface area contributed by atoms with Crippen molar-refractivity contribution in [1.29, 1.82) is 0 Å². The molecule has 0 fully saturated rings. The number of hydrogen-bond donors (Lipinski definition) is 2. The van der Waals surface area contributed by atoms with E-state index in [1.165, 1.54) is 0 Å². The highest BCUT2D eigenvalue weighted by atomic mass is 32.2. The van der Waals surface area contributed by atoms with Gasteiger partial charge in [-0.1, -0.05) is 36.4 Å². The molecule has 0 radical (unpaired) electrons. The number of aryl methyl sites for hydroxylation is 2. The summed E-state index contributed by atoms with van der Waals surface area (Å²) in [7, 11) is -3.76. The molecule has 1 amide bonds. The minimum absolute atomic E-state index is 0.162. The van der Waals surface area contributed by atoms with E-state index in [0.717, 1.165) is 22.5 Å². The first-order chi connectivity index (χ1) is 15.8. The number of nitrogens with one attached hydrogen (secondary N) is 2. The van der Waals surface area contributed by atoms with Crippen LogP contribution in [0.4, 0.5) is 5.69 Å². The largest absolute Gasteiger partial charge is 0.465 e. The van der Waals surface area contributed by atoms with Crippen LogP contribution in [0.15, 0.2) is 94.2 Å². The quantitative estimate of drug-likeness (QED) is 0.392. The number of hydrogen-bond acceptors (Lipinski definition) is 4. The minimum atomic E-state index is -3.76. The summed E-state index contributed by atoms with van der Waals surface area (Å²) < 4.78 is 33.6. The molecule has 0 spiro atoms. The van der Waals surface area contributed by atoms with Crippen LogP contribution in [-0.2, 0) is 16.6 Å². The van der Waals surface area contributed by atoms with Gasteiger partial charge in [0.05, 0.1) is 11.4 Å². The van der Waals surface area contributed by atoms with E-state index >= 15 is 0 Å². The molecule has 33 heavy (non-hydrogen) atoms. The third kappa shape index (κ3) is 5.32. The van der Waals surface area contributed by atoms with Gasteiger partial charge in [0.1, 0.15) is 11.5 Å². The van der Waals surface area contributed by atoms with Crippen LogP contribution in [0.1, 0.15) is 27.4 Å². The molecule has 7 heteroatoms. The number of anilines is 1. The Labute approximate surface area is 193 Å². The number of carbonyl (C=O) groups excluding carboxylic acids is 1. The number of carbonyl (C=O) groups is 1. The predicted molar refractivity (Wildman–Crippen MR) is 128 cm³/mol. The third-order valence-corrected chi connectivity index (χ3v) is 6.64. The highest BCUT2D eigenvalue weighted by Crippen LogP contribution is 2.25. The molecular formula is C26H24N2O4S. The molecule has 0 bridgehead atoms. The zero-order valence-electron chi connectivity index (χ0n) is 18.3. The summed E-state index contributed by atoms with van der Waals surface area (Å²) in [6.45, 7) is 4.13. The maximum Gasteiger partial charge on any atom is 0.261 e. The smallest absolute Gasteiger partial charge is 0.261 e. The Kier molecular flexibility index (Phi) is 6.33. The molecule has 168 valence electrons. The van der Waals surface area contributed by atoms with Crippen LogP contribution in [0.3, 0.4) is 0 Å². The van der Waals surface area contributed by atoms with Crippen LogP contribution < -0.4 is 10.0 Å². The SMILES string of the molecule is Cc1ccc(CNC(=O)c2ccc(NS(=O)(=O)c3ccc(-c4ccccc4C)cc3)cc2)o1. The Bertz CT molecular complexity index is 1370. The van der Waals surface area contributed by atoms with E-state index in [9.17, 15) is 13.2 Å². The first kappa shape index (κ1) is 22.4. The standard InChI is InChI=1S/C26H24N2O4S/c1-18-5-3-4-6-25(18)20-10-15-24(16-11-20)33(30,31)28-22-12-8-21(9-13-22)26(29)27-17-23-14-7-19(2)32-23/h3-16,28H,17H2,1-2H3,(H,27,29). The Morgan fingerprint density at radius 3 is 2.18 bits per heavy atom. The lowest BCUT2D eigenvalue weighted by Gasteiger charge is -2.10. The average molecular weight is 461 g/mol. The van der Waals surface area contributed by atoms with Crippen LogP contribution in [0.2, 0.25) is 0 Å². The Morgan fingerprint density at radius 1 is 0.848 bits per heavy atom. The molecule has 1 heterocycles. The van der Waals surface area contributed by atoms with Gasteiger partial charge in [-0.15, -0.1) is 0 Å². The topological polar surface area (TPSA) is 88.4 Å². The molecule has 0 saturated heterocycles. The van der Waals surface area contributed by atoms with Crippen molar-refractivity contribution in [3.8, 4) is 11.1 Å². The minimum Gasteiger partial charge on any atom is -0.465 e. The lowest BCUT2D eigenvalue weighted by atomic mass is 10.0. The number of rotatable bonds is 7. The van der Waals surface area contributed by atoms with Gasteiger partial charge in [-0.3, -0.25) is 9.52 Å². The highest BCUT2D eigenvalue weighted by Gasteiger charge is 2.15. The molecule has 0 saturated carbocycles. The Morgan fingerprint density at radius 2 is 1.55 bits per heavy atom. The first-order valence-corrected chi connectivity index (χ1v) is 11.9. The van der Waals surface area contributed by atoms with Gasteiger partial charge >= 0.3 is 0 Å². The molecule has 2 N–H and O–H groups in total. The van der Waals surface area contributed by atoms with Crippen LogP contribution >= 0.6 is 0 Å². The van der Waals surface area contributed by atoms with E-state index in [1.807, 2.05) is 44.2 Å². The van der Waals surface area contributed by atoms with Crippen molar-refractivity contribution in [2.75, 3.05) is 4.72 Å². The second kappa shape index (κ2) is 9.34. The molecular weight excluding hydrogens is 436 g/mol. The van der Waals surface area contributed by atoms with Gasteiger partial charge in [-0.05, 0) is 79.1 Å². The molecule has 4 aromatic rings. The van der Waals surface area contributed by atoms with E-state index in [-0.39, 0.29) is 17.3 Å². The molecule has 0 unspecified atom stereocenters. The van der Waals surface area contributed by atoms with Crippen molar-refractivity contribution in [3.63, 3.8) is 0 Å². The van der Waals surface area contributed by atoms with Gasteiger partial charge in [0.25, 0.3) is 15.9 Å². The van der Waals surface area contributed by atoms with Crippen molar-refractivity contribution in [1.82, 2.24) is 5.32 Å². The second-order valence-electron chi connectivity index (χ2n) is 7.72. The van der Waals surface area contributed by atoms with Crippen molar-refractivity contribution >= 4 is 21.6 Å². The zero-order valence-corrected chi connectivity index (χ0v) is 19.1. The summed E-state index contributed by atoms with van der Waals surface area (Å²) in [5, 5.41) is 2.77. The summed E-state index contributed by atoms with van der Waals surface area (Å²) in [6.07, 6.45) is 0. The summed E-state index contributed by atoms with van der Waals surface area (Å²) in [5.74, 6) is 1.17. The molecule has 6 nitrogen and oxygen atoms in total. The average Bonchev–Trinajstić information content (AvgIpc) is 3.23. The molecule has 1 aromatic heterocycles. The monoisotopic (exact) mass is 460 g/mol. The molecule has 0 aliphatic rings. The fraction of sp³-hybridized carbons (Fsp3) is 0.115. The number of benzene rings is 3. The number of sulfonamides is 1. The van der Waals surface area contributed by atoms with Crippen LogP contribution in [0.5, 0.6) is 0 Å².